The van der Waals surface area contributed by atoms with Gasteiger partial charge in [-0.3, -0.25) is 4.98 Å². The molecule has 3 heteroatoms. The molecule has 0 aliphatic rings. The van der Waals surface area contributed by atoms with Gasteiger partial charge in [0.2, 0.25) is 0 Å². The fourth-order valence-corrected chi connectivity index (χ4v) is 1.20. The first-order chi connectivity index (χ1) is 5.77. The van der Waals surface area contributed by atoms with Gasteiger partial charge < -0.3 is 4.40 Å². The van der Waals surface area contributed by atoms with Crippen molar-refractivity contribution in [2.45, 2.75) is 19.8 Å². The van der Waals surface area contributed by atoms with Crippen molar-refractivity contribution < 1.29 is 32.7 Å². The predicted octanol–water partition coefficient (Wildman–Crippen LogP) is 2.26. The van der Waals surface area contributed by atoms with Gasteiger partial charge in [-0.05, 0) is 0 Å². The monoisotopic (exact) mass is 248 g/mol. The zero-order chi connectivity index (χ0) is 8.55. The van der Waals surface area contributed by atoms with E-state index in [-0.39, 0.29) is 32.7 Å². The number of pyridine rings is 1. The van der Waals surface area contributed by atoms with Crippen LogP contribution in [-0.4, -0.2) is 9.38 Å². The van der Waals surface area contributed by atoms with Crippen molar-refractivity contribution in [3.8, 4) is 0 Å². The molecule has 13 heavy (non-hydrogen) atoms. The summed E-state index contributed by atoms with van der Waals surface area (Å²) < 4.78 is 1.96. The van der Waals surface area contributed by atoms with Crippen molar-refractivity contribution in [3.05, 3.63) is 36.3 Å². The predicted molar refractivity (Wildman–Crippen MR) is 48.1 cm³/mol. The molecule has 0 unspecified atom stereocenters. The third-order valence-electron chi connectivity index (χ3n) is 1.98. The molecule has 0 spiro atoms. The molecule has 0 fully saturated rings. The molecule has 2 aromatic rings. The molecule has 2 nitrogen and oxygen atoms in total. The van der Waals surface area contributed by atoms with E-state index in [0.29, 0.717) is 5.92 Å². The summed E-state index contributed by atoms with van der Waals surface area (Å²) in [6, 6.07) is 5.29. The molecule has 2 heterocycles. The first-order valence-electron chi connectivity index (χ1n) is 4.11. The van der Waals surface area contributed by atoms with Gasteiger partial charge in [0.25, 0.3) is 0 Å². The molecule has 0 saturated carbocycles. The van der Waals surface area contributed by atoms with Gasteiger partial charge in [0.05, 0.1) is 5.65 Å². The van der Waals surface area contributed by atoms with Crippen molar-refractivity contribution in [1.82, 2.24) is 9.38 Å². The molecule has 0 saturated heterocycles. The van der Waals surface area contributed by atoms with E-state index in [2.05, 4.69) is 31.0 Å². The van der Waals surface area contributed by atoms with Crippen LogP contribution >= 0.6 is 0 Å². The van der Waals surface area contributed by atoms with Crippen molar-refractivity contribution in [1.29, 1.82) is 0 Å². The van der Waals surface area contributed by atoms with Crippen molar-refractivity contribution >= 4 is 5.65 Å². The number of rotatable bonds is 1. The summed E-state index contributed by atoms with van der Waals surface area (Å²) in [5.41, 5.74) is 2.21. The van der Waals surface area contributed by atoms with Crippen LogP contribution in [-0.2, 0) is 32.7 Å². The van der Waals surface area contributed by atoms with E-state index in [4.69, 9.17) is 0 Å². The quantitative estimate of drug-likeness (QED) is 0.707. The Morgan fingerprint density at radius 3 is 2.92 bits per heavy atom. The summed E-state index contributed by atoms with van der Waals surface area (Å²) in [6.45, 7) is 4.32. The van der Waals surface area contributed by atoms with Crippen LogP contribution in [0.5, 0.6) is 0 Å². The second-order valence-electron chi connectivity index (χ2n) is 3.22. The summed E-state index contributed by atoms with van der Waals surface area (Å²) in [4.78, 5) is 4.20. The molecule has 65 valence electrons. The second-order valence-corrected chi connectivity index (χ2v) is 3.22. The van der Waals surface area contributed by atoms with E-state index in [9.17, 15) is 0 Å². The number of hydrogen-bond donors (Lipinski definition) is 0. The molecule has 0 amide bonds. The van der Waals surface area contributed by atoms with Crippen LogP contribution in [0.25, 0.3) is 5.65 Å². The van der Waals surface area contributed by atoms with Crippen molar-refractivity contribution in [2.24, 2.45) is 0 Å². The van der Waals surface area contributed by atoms with E-state index in [1.807, 2.05) is 16.8 Å². The molecular formula is C10H11N2Y-. The minimum absolute atomic E-state index is 0. The van der Waals surface area contributed by atoms with Crippen LogP contribution in [0.2, 0.25) is 0 Å². The SMILES string of the molecule is CC(C)c1[c-]cn2ccnc2c1.[Y]. The third-order valence-corrected chi connectivity index (χ3v) is 1.98. The van der Waals surface area contributed by atoms with Gasteiger partial charge in [0.15, 0.2) is 0 Å². The van der Waals surface area contributed by atoms with E-state index >= 15 is 0 Å². The Hall–Kier alpha value is -0.206. The van der Waals surface area contributed by atoms with Gasteiger partial charge in [-0.1, -0.05) is 26.0 Å². The Kier molecular flexibility index (Phi) is 3.63. The molecule has 0 aliphatic carbocycles. The summed E-state index contributed by atoms with van der Waals surface area (Å²) in [6.07, 6.45) is 5.65. The van der Waals surface area contributed by atoms with Gasteiger partial charge in [-0.15, -0.1) is 0 Å². The summed E-state index contributed by atoms with van der Waals surface area (Å²) in [7, 11) is 0. The molecule has 0 bridgehead atoms. The standard InChI is InChI=1S/C10H11N2.Y/c1-8(2)9-3-5-12-6-4-11-10(12)7-9;/h4-8H,1-2H3;/q-1;. The average Bonchev–Trinajstić information content (AvgIpc) is 2.49. The Balaban J connectivity index is 0.000000845. The van der Waals surface area contributed by atoms with Gasteiger partial charge in [-0.2, -0.15) is 6.07 Å². The molecule has 2 aromatic heterocycles. The topological polar surface area (TPSA) is 17.3 Å². The van der Waals surface area contributed by atoms with Crippen molar-refractivity contribution in [3.63, 3.8) is 0 Å². The fraction of sp³-hybridized carbons (Fsp3) is 0.300. The van der Waals surface area contributed by atoms with Gasteiger partial charge >= 0.3 is 0 Å². The summed E-state index contributed by atoms with van der Waals surface area (Å²) in [5, 5.41) is 0. The maximum atomic E-state index is 4.20. The number of nitrogens with zero attached hydrogens (tertiary/aromatic N) is 2. The first kappa shape index (κ1) is 10.9. The Morgan fingerprint density at radius 1 is 1.46 bits per heavy atom. The number of hydrogen-bond acceptors (Lipinski definition) is 1. The van der Waals surface area contributed by atoms with E-state index in [1.165, 1.54) is 5.56 Å². The van der Waals surface area contributed by atoms with Crippen LogP contribution in [0.15, 0.2) is 24.7 Å². The van der Waals surface area contributed by atoms with Crippen LogP contribution < -0.4 is 0 Å². The fourth-order valence-electron chi connectivity index (χ4n) is 1.20. The normalized spacial score (nSPS) is 10.4. The second kappa shape index (κ2) is 4.34. The number of aromatic nitrogens is 2. The Labute approximate surface area is 103 Å². The Morgan fingerprint density at radius 2 is 2.23 bits per heavy atom. The van der Waals surface area contributed by atoms with E-state index in [0.717, 1.165) is 5.65 Å². The van der Waals surface area contributed by atoms with Crippen molar-refractivity contribution in [2.75, 3.05) is 0 Å². The van der Waals surface area contributed by atoms with Crippen LogP contribution in [0.3, 0.4) is 0 Å². The molecule has 0 aromatic carbocycles. The maximum absolute atomic E-state index is 4.20. The molecule has 1 radical (unpaired) electrons. The zero-order valence-corrected chi connectivity index (χ0v) is 10.7. The summed E-state index contributed by atoms with van der Waals surface area (Å²) >= 11 is 0. The molecule has 0 atom stereocenters. The minimum Gasteiger partial charge on any atom is -0.341 e. The number of imidazole rings is 1. The minimum atomic E-state index is 0. The molecule has 2 rings (SSSR count). The zero-order valence-electron chi connectivity index (χ0n) is 7.86. The molecular weight excluding hydrogens is 237 g/mol. The first-order valence-corrected chi connectivity index (χ1v) is 4.11. The van der Waals surface area contributed by atoms with E-state index in [1.54, 1.807) is 6.20 Å². The van der Waals surface area contributed by atoms with Gasteiger partial charge in [0, 0.05) is 45.1 Å². The van der Waals surface area contributed by atoms with Gasteiger partial charge in [0.1, 0.15) is 0 Å². The largest absolute Gasteiger partial charge is 0.341 e. The average molecular weight is 248 g/mol. The van der Waals surface area contributed by atoms with Crippen LogP contribution in [0.4, 0.5) is 0 Å². The third kappa shape index (κ3) is 2.18. The molecule has 0 N–H and O–H groups in total. The number of fused-ring (bicyclic) bond motifs is 1. The van der Waals surface area contributed by atoms with Crippen LogP contribution in [0, 0.1) is 6.07 Å². The Bertz CT molecular complexity index is 392. The van der Waals surface area contributed by atoms with E-state index < -0.39 is 0 Å². The molecule has 0 aliphatic heterocycles. The smallest absolute Gasteiger partial charge is 0.0523 e. The van der Waals surface area contributed by atoms with Gasteiger partial charge in [-0.25, -0.2) is 11.6 Å². The maximum Gasteiger partial charge on any atom is 0.0523 e. The van der Waals surface area contributed by atoms with Crippen LogP contribution in [0.1, 0.15) is 25.3 Å². The summed E-state index contributed by atoms with van der Waals surface area (Å²) in [5.74, 6) is 0.520.